The monoisotopic (exact) mass is 220 g/mol. The first kappa shape index (κ1) is 12.4. The number of ether oxygens (including phenoxy) is 1. The summed E-state index contributed by atoms with van der Waals surface area (Å²) < 4.78 is 5.04. The van der Waals surface area contributed by atoms with Crippen molar-refractivity contribution in [1.82, 2.24) is 0 Å². The Bertz CT molecular complexity index is 343. The van der Waals surface area contributed by atoms with Crippen molar-refractivity contribution in [3.63, 3.8) is 0 Å². The van der Waals surface area contributed by atoms with E-state index in [1.807, 2.05) is 31.2 Å². The molecular weight excluding hydrogens is 204 g/mol. The second-order valence-corrected chi connectivity index (χ2v) is 3.86. The highest BCUT2D eigenvalue weighted by atomic mass is 16.5. The summed E-state index contributed by atoms with van der Waals surface area (Å²) >= 11 is 0. The van der Waals surface area contributed by atoms with Gasteiger partial charge in [0.25, 0.3) is 0 Å². The molecule has 1 aromatic carbocycles. The molecular formula is C13H16O3. The topological polar surface area (TPSA) is 43.4 Å². The minimum absolute atomic E-state index is 0.0997. The number of hydrogen-bond acceptors (Lipinski definition) is 3. The van der Waals surface area contributed by atoms with Gasteiger partial charge in [-0.2, -0.15) is 0 Å². The summed E-state index contributed by atoms with van der Waals surface area (Å²) in [6.45, 7) is 1.81. The van der Waals surface area contributed by atoms with Gasteiger partial charge >= 0.3 is 0 Å². The molecule has 0 aliphatic carbocycles. The molecule has 0 saturated heterocycles. The van der Waals surface area contributed by atoms with Gasteiger partial charge in [-0.25, -0.2) is 0 Å². The van der Waals surface area contributed by atoms with Crippen LogP contribution in [0.15, 0.2) is 24.3 Å². The van der Waals surface area contributed by atoms with Gasteiger partial charge in [-0.05, 0) is 24.1 Å². The van der Waals surface area contributed by atoms with Crippen LogP contribution in [0.5, 0.6) is 5.75 Å². The van der Waals surface area contributed by atoms with E-state index in [1.54, 1.807) is 7.11 Å². The lowest BCUT2D eigenvalue weighted by Crippen LogP contribution is -2.07. The largest absolute Gasteiger partial charge is 0.497 e. The van der Waals surface area contributed by atoms with E-state index in [4.69, 9.17) is 4.74 Å². The molecule has 0 N–H and O–H groups in total. The van der Waals surface area contributed by atoms with Gasteiger partial charge in [0.1, 0.15) is 18.3 Å². The maximum atomic E-state index is 11.0. The third-order valence-corrected chi connectivity index (χ3v) is 2.57. The summed E-state index contributed by atoms with van der Waals surface area (Å²) in [5.74, 6) is 0.445. The second kappa shape index (κ2) is 6.05. The lowest BCUT2D eigenvalue weighted by atomic mass is 9.91. The summed E-state index contributed by atoms with van der Waals surface area (Å²) in [6.07, 6.45) is 2.32. The minimum atomic E-state index is -0.217. The summed E-state index contributed by atoms with van der Waals surface area (Å²) in [5.41, 5.74) is 0.921. The molecule has 0 aliphatic heterocycles. The zero-order chi connectivity index (χ0) is 12.0. The second-order valence-electron chi connectivity index (χ2n) is 3.86. The lowest BCUT2D eigenvalue weighted by Gasteiger charge is -2.12. The van der Waals surface area contributed by atoms with Crippen molar-refractivity contribution in [3.8, 4) is 5.75 Å². The van der Waals surface area contributed by atoms with Crippen molar-refractivity contribution in [2.45, 2.75) is 19.3 Å². The Balaban J connectivity index is 2.78. The van der Waals surface area contributed by atoms with Gasteiger partial charge in [0.15, 0.2) is 0 Å². The van der Waals surface area contributed by atoms with Gasteiger partial charge < -0.3 is 14.3 Å². The first-order chi connectivity index (χ1) is 7.71. The van der Waals surface area contributed by atoms with Gasteiger partial charge in [-0.3, -0.25) is 0 Å². The summed E-state index contributed by atoms with van der Waals surface area (Å²) in [7, 11) is 1.60. The number of carbonyl (C=O) groups excluding carboxylic acids is 2. The van der Waals surface area contributed by atoms with Crippen LogP contribution in [0.3, 0.4) is 0 Å². The Morgan fingerprint density at radius 2 is 1.81 bits per heavy atom. The molecule has 0 heterocycles. The van der Waals surface area contributed by atoms with Gasteiger partial charge in [-0.15, -0.1) is 0 Å². The fourth-order valence-electron chi connectivity index (χ4n) is 1.58. The fourth-order valence-corrected chi connectivity index (χ4v) is 1.58. The zero-order valence-electron chi connectivity index (χ0n) is 9.55. The van der Waals surface area contributed by atoms with Crippen LogP contribution in [0.25, 0.3) is 0 Å². The highest BCUT2D eigenvalue weighted by Gasteiger charge is 2.14. The van der Waals surface area contributed by atoms with Gasteiger partial charge in [0.2, 0.25) is 0 Å². The Morgan fingerprint density at radius 1 is 1.19 bits per heavy atom. The van der Waals surface area contributed by atoms with E-state index >= 15 is 0 Å². The van der Waals surface area contributed by atoms with Gasteiger partial charge in [0.05, 0.1) is 7.11 Å². The van der Waals surface area contributed by atoms with E-state index in [0.717, 1.165) is 23.9 Å². The quantitative estimate of drug-likeness (QED) is 0.690. The summed E-state index contributed by atoms with van der Waals surface area (Å²) in [4.78, 5) is 21.5. The molecule has 1 rings (SSSR count). The molecule has 2 unspecified atom stereocenters. The molecule has 3 heteroatoms. The fraction of sp³-hybridized carbons (Fsp3) is 0.385. The normalized spacial score (nSPS) is 13.9. The molecule has 0 amide bonds. The van der Waals surface area contributed by atoms with E-state index < -0.39 is 0 Å². The number of benzene rings is 1. The van der Waals surface area contributed by atoms with Crippen molar-refractivity contribution in [3.05, 3.63) is 29.8 Å². The Hall–Kier alpha value is -1.64. The van der Waals surface area contributed by atoms with E-state index in [2.05, 4.69) is 0 Å². The molecule has 16 heavy (non-hydrogen) atoms. The smallest absolute Gasteiger partial charge is 0.127 e. The Morgan fingerprint density at radius 3 is 2.25 bits per heavy atom. The van der Waals surface area contributed by atoms with Crippen LogP contribution in [0, 0.1) is 5.92 Å². The van der Waals surface area contributed by atoms with E-state index in [9.17, 15) is 9.59 Å². The highest BCUT2D eigenvalue weighted by Crippen LogP contribution is 2.23. The molecule has 0 saturated carbocycles. The number of carbonyl (C=O) groups is 2. The third-order valence-electron chi connectivity index (χ3n) is 2.57. The van der Waals surface area contributed by atoms with Crippen molar-refractivity contribution >= 4 is 12.6 Å². The van der Waals surface area contributed by atoms with E-state index in [0.29, 0.717) is 6.42 Å². The van der Waals surface area contributed by atoms with Crippen LogP contribution in [0.4, 0.5) is 0 Å². The van der Waals surface area contributed by atoms with Crippen LogP contribution in [-0.2, 0) is 9.59 Å². The molecule has 0 radical (unpaired) electrons. The molecule has 2 atom stereocenters. The van der Waals surface area contributed by atoms with Crippen LogP contribution in [0.2, 0.25) is 0 Å². The molecule has 0 spiro atoms. The predicted octanol–water partition coefficient (Wildman–Crippen LogP) is 2.20. The third kappa shape index (κ3) is 3.19. The number of methoxy groups -OCH3 is 1. The van der Waals surface area contributed by atoms with E-state index in [1.165, 1.54) is 0 Å². The van der Waals surface area contributed by atoms with Crippen molar-refractivity contribution in [2.24, 2.45) is 5.92 Å². The molecule has 0 aromatic heterocycles. The first-order valence-electron chi connectivity index (χ1n) is 5.25. The number of hydrogen-bond donors (Lipinski definition) is 0. The van der Waals surface area contributed by atoms with Crippen LogP contribution in [0.1, 0.15) is 24.8 Å². The van der Waals surface area contributed by atoms with E-state index in [-0.39, 0.29) is 11.8 Å². The van der Waals surface area contributed by atoms with Gasteiger partial charge in [0, 0.05) is 11.8 Å². The Labute approximate surface area is 95.4 Å². The van der Waals surface area contributed by atoms with Crippen molar-refractivity contribution in [2.75, 3.05) is 7.11 Å². The average Bonchev–Trinajstić information content (AvgIpc) is 2.35. The molecule has 86 valence electrons. The first-order valence-corrected chi connectivity index (χ1v) is 5.25. The van der Waals surface area contributed by atoms with Crippen LogP contribution in [-0.4, -0.2) is 19.7 Å². The minimum Gasteiger partial charge on any atom is -0.497 e. The SMILES string of the molecule is COc1ccc(C(C=O)CC(C)C=O)cc1. The average molecular weight is 220 g/mol. The maximum absolute atomic E-state index is 11.0. The Kier molecular flexibility index (Phi) is 4.70. The number of rotatable bonds is 6. The summed E-state index contributed by atoms with van der Waals surface area (Å²) in [5, 5.41) is 0. The molecule has 3 nitrogen and oxygen atoms in total. The molecule has 1 aromatic rings. The number of aldehydes is 2. The lowest BCUT2D eigenvalue weighted by molar-refractivity contribution is -0.112. The predicted molar refractivity (Wildman–Crippen MR) is 61.6 cm³/mol. The van der Waals surface area contributed by atoms with Crippen molar-refractivity contribution < 1.29 is 14.3 Å². The zero-order valence-corrected chi connectivity index (χ0v) is 9.55. The molecule has 0 aliphatic rings. The van der Waals surface area contributed by atoms with Crippen molar-refractivity contribution in [1.29, 1.82) is 0 Å². The standard InChI is InChI=1S/C13H16O3/c1-10(8-14)7-12(9-15)11-3-5-13(16-2)6-4-11/h3-6,8-10,12H,7H2,1-2H3. The van der Waals surface area contributed by atoms with Gasteiger partial charge in [-0.1, -0.05) is 19.1 Å². The van der Waals surface area contributed by atoms with Crippen LogP contribution < -0.4 is 4.74 Å². The maximum Gasteiger partial charge on any atom is 0.127 e. The molecule has 0 fully saturated rings. The highest BCUT2D eigenvalue weighted by molar-refractivity contribution is 5.64. The summed E-state index contributed by atoms with van der Waals surface area (Å²) in [6, 6.07) is 7.35. The molecule has 0 bridgehead atoms. The van der Waals surface area contributed by atoms with Crippen LogP contribution >= 0.6 is 0 Å².